The van der Waals surface area contributed by atoms with E-state index in [1.165, 1.54) is 32.4 Å². The van der Waals surface area contributed by atoms with Crippen LogP contribution in [0.1, 0.15) is 22.3 Å². The quantitative estimate of drug-likeness (QED) is 0.478. The van der Waals surface area contributed by atoms with E-state index >= 15 is 0 Å². The summed E-state index contributed by atoms with van der Waals surface area (Å²) in [6.45, 7) is 5.81. The summed E-state index contributed by atoms with van der Waals surface area (Å²) in [5.74, 6) is 0.244. The third-order valence-corrected chi connectivity index (χ3v) is 6.96. The van der Waals surface area contributed by atoms with E-state index in [4.69, 9.17) is 9.47 Å². The number of carbonyl (C=O) groups excluding carboxylic acids is 1. The molecule has 2 N–H and O–H groups in total. The first kappa shape index (κ1) is 25.3. The molecule has 0 aliphatic heterocycles. The molecule has 1 amide bonds. The van der Waals surface area contributed by atoms with E-state index in [2.05, 4.69) is 10.0 Å². The molecule has 180 valence electrons. The van der Waals surface area contributed by atoms with E-state index in [0.717, 1.165) is 22.3 Å². The molecule has 3 rings (SSSR count). The molecule has 0 aliphatic rings. The molecule has 8 heteroatoms. The molecule has 0 aliphatic carbocycles. The van der Waals surface area contributed by atoms with Gasteiger partial charge in [0.15, 0.2) is 11.5 Å². The molecular formula is C26H30N2O5S. The van der Waals surface area contributed by atoms with Crippen LogP contribution >= 0.6 is 0 Å². The lowest BCUT2D eigenvalue weighted by Gasteiger charge is -2.21. The number of nitrogens with one attached hydrogen (secondary N) is 2. The third-order valence-electron chi connectivity index (χ3n) is 5.49. The third kappa shape index (κ3) is 5.95. The topological polar surface area (TPSA) is 93.7 Å². The Balaban J connectivity index is 1.94. The molecule has 34 heavy (non-hydrogen) atoms. The van der Waals surface area contributed by atoms with Crippen LogP contribution < -0.4 is 19.5 Å². The van der Waals surface area contributed by atoms with E-state index in [0.29, 0.717) is 11.4 Å². The van der Waals surface area contributed by atoms with Gasteiger partial charge in [0.25, 0.3) is 0 Å². The number of anilines is 1. The van der Waals surface area contributed by atoms with Crippen LogP contribution in [0.15, 0.2) is 65.6 Å². The summed E-state index contributed by atoms with van der Waals surface area (Å²) in [5, 5.41) is 2.93. The maximum Gasteiger partial charge on any atom is 0.242 e. The SMILES string of the molecule is COc1ccc(S(=O)(=O)NC(Cc2ccccc2)C(=O)Nc2c(C)cc(C)cc2C)cc1OC. The number of aryl methyl sites for hydroxylation is 3. The van der Waals surface area contributed by atoms with Gasteiger partial charge in [-0.3, -0.25) is 4.79 Å². The molecular weight excluding hydrogens is 452 g/mol. The van der Waals surface area contributed by atoms with Crippen molar-refractivity contribution in [2.45, 2.75) is 38.1 Å². The molecule has 0 bridgehead atoms. The van der Waals surface area contributed by atoms with Crippen LogP contribution in [0.5, 0.6) is 11.5 Å². The average molecular weight is 483 g/mol. The van der Waals surface area contributed by atoms with E-state index in [1.807, 2.05) is 63.2 Å². The predicted molar refractivity (Wildman–Crippen MR) is 133 cm³/mol. The second-order valence-electron chi connectivity index (χ2n) is 8.14. The van der Waals surface area contributed by atoms with Crippen molar-refractivity contribution in [2.24, 2.45) is 0 Å². The summed E-state index contributed by atoms with van der Waals surface area (Å²) in [6.07, 6.45) is 0.184. The number of hydrogen-bond acceptors (Lipinski definition) is 5. The smallest absolute Gasteiger partial charge is 0.242 e. The Morgan fingerprint density at radius 3 is 2.09 bits per heavy atom. The largest absolute Gasteiger partial charge is 0.493 e. The second-order valence-corrected chi connectivity index (χ2v) is 9.86. The highest BCUT2D eigenvalue weighted by molar-refractivity contribution is 7.89. The number of hydrogen-bond donors (Lipinski definition) is 2. The van der Waals surface area contributed by atoms with Crippen LogP contribution in [-0.2, 0) is 21.2 Å². The first-order valence-electron chi connectivity index (χ1n) is 10.8. The van der Waals surface area contributed by atoms with Crippen molar-refractivity contribution in [3.63, 3.8) is 0 Å². The number of sulfonamides is 1. The predicted octanol–water partition coefficient (Wildman–Crippen LogP) is 4.16. The summed E-state index contributed by atoms with van der Waals surface area (Å²) in [7, 11) is -1.15. The maximum absolute atomic E-state index is 13.4. The van der Waals surface area contributed by atoms with E-state index in [-0.39, 0.29) is 17.1 Å². The minimum Gasteiger partial charge on any atom is -0.493 e. The van der Waals surface area contributed by atoms with Gasteiger partial charge in [0.2, 0.25) is 15.9 Å². The molecule has 1 atom stereocenters. The molecule has 0 spiro atoms. The zero-order valence-electron chi connectivity index (χ0n) is 20.0. The van der Waals surface area contributed by atoms with Gasteiger partial charge in [-0.2, -0.15) is 4.72 Å². The monoisotopic (exact) mass is 482 g/mol. The minimum absolute atomic E-state index is 0.0290. The zero-order chi connectivity index (χ0) is 24.9. The number of carbonyl (C=O) groups is 1. The Hall–Kier alpha value is -3.36. The molecule has 0 radical (unpaired) electrons. The fraction of sp³-hybridized carbons (Fsp3) is 0.269. The van der Waals surface area contributed by atoms with Crippen LogP contribution in [0.2, 0.25) is 0 Å². The summed E-state index contributed by atoms with van der Waals surface area (Å²) < 4.78 is 39.5. The molecule has 3 aromatic carbocycles. The number of amides is 1. The summed E-state index contributed by atoms with van der Waals surface area (Å²) in [5.41, 5.74) is 4.41. The Morgan fingerprint density at radius 1 is 0.882 bits per heavy atom. The lowest BCUT2D eigenvalue weighted by molar-refractivity contribution is -0.117. The fourth-order valence-corrected chi connectivity index (χ4v) is 5.07. The van der Waals surface area contributed by atoms with Gasteiger partial charge in [-0.15, -0.1) is 0 Å². The minimum atomic E-state index is -4.05. The summed E-state index contributed by atoms with van der Waals surface area (Å²) in [6, 6.07) is 16.5. The van der Waals surface area contributed by atoms with Crippen LogP contribution in [0, 0.1) is 20.8 Å². The molecule has 1 unspecified atom stereocenters. The molecule has 0 aromatic heterocycles. The van der Waals surface area contributed by atoms with Gasteiger partial charge < -0.3 is 14.8 Å². The van der Waals surface area contributed by atoms with Crippen molar-refractivity contribution in [3.05, 3.63) is 82.9 Å². The molecule has 0 fully saturated rings. The Labute approximate surface area is 201 Å². The fourth-order valence-electron chi connectivity index (χ4n) is 3.86. The van der Waals surface area contributed by atoms with Crippen LogP contribution in [0.3, 0.4) is 0 Å². The van der Waals surface area contributed by atoms with Crippen molar-refractivity contribution in [1.82, 2.24) is 4.72 Å². The van der Waals surface area contributed by atoms with Crippen molar-refractivity contribution < 1.29 is 22.7 Å². The first-order chi connectivity index (χ1) is 16.1. The molecule has 3 aromatic rings. The van der Waals surface area contributed by atoms with Crippen LogP contribution in [-0.4, -0.2) is 34.6 Å². The van der Waals surface area contributed by atoms with Crippen molar-refractivity contribution in [2.75, 3.05) is 19.5 Å². The van der Waals surface area contributed by atoms with Gasteiger partial charge in [0.05, 0.1) is 19.1 Å². The van der Waals surface area contributed by atoms with Gasteiger partial charge in [0.1, 0.15) is 6.04 Å². The standard InChI is InChI=1S/C26H30N2O5S/c1-17-13-18(2)25(19(3)14-17)27-26(29)22(15-20-9-7-6-8-10-20)28-34(30,31)21-11-12-23(32-4)24(16-21)33-5/h6-14,16,22,28H,15H2,1-5H3,(H,27,29). The van der Waals surface area contributed by atoms with E-state index < -0.39 is 22.0 Å². The average Bonchev–Trinajstić information content (AvgIpc) is 2.80. The first-order valence-corrected chi connectivity index (χ1v) is 12.3. The Bertz CT molecular complexity index is 1250. The van der Waals surface area contributed by atoms with Crippen LogP contribution in [0.4, 0.5) is 5.69 Å². The van der Waals surface area contributed by atoms with Crippen LogP contribution in [0.25, 0.3) is 0 Å². The van der Waals surface area contributed by atoms with E-state index in [9.17, 15) is 13.2 Å². The number of rotatable bonds is 9. The molecule has 0 saturated carbocycles. The van der Waals surface area contributed by atoms with Crippen molar-refractivity contribution in [3.8, 4) is 11.5 Å². The van der Waals surface area contributed by atoms with Gasteiger partial charge >= 0.3 is 0 Å². The molecule has 0 saturated heterocycles. The second kappa shape index (κ2) is 10.7. The maximum atomic E-state index is 13.4. The van der Waals surface area contributed by atoms with Gasteiger partial charge in [-0.05, 0) is 56.0 Å². The normalized spacial score (nSPS) is 12.1. The van der Waals surface area contributed by atoms with E-state index in [1.54, 1.807) is 0 Å². The zero-order valence-corrected chi connectivity index (χ0v) is 20.8. The summed E-state index contributed by atoms with van der Waals surface area (Å²) >= 11 is 0. The lowest BCUT2D eigenvalue weighted by atomic mass is 10.0. The molecule has 7 nitrogen and oxygen atoms in total. The highest BCUT2D eigenvalue weighted by Gasteiger charge is 2.27. The van der Waals surface area contributed by atoms with Crippen molar-refractivity contribution in [1.29, 1.82) is 0 Å². The number of ether oxygens (including phenoxy) is 2. The summed E-state index contributed by atoms with van der Waals surface area (Å²) in [4.78, 5) is 13.3. The lowest BCUT2D eigenvalue weighted by Crippen LogP contribution is -2.45. The van der Waals surface area contributed by atoms with Crippen molar-refractivity contribution >= 4 is 21.6 Å². The number of methoxy groups -OCH3 is 2. The van der Waals surface area contributed by atoms with Gasteiger partial charge in [-0.25, -0.2) is 8.42 Å². The molecule has 0 heterocycles. The highest BCUT2D eigenvalue weighted by Crippen LogP contribution is 2.29. The highest BCUT2D eigenvalue weighted by atomic mass is 32.2. The number of benzene rings is 3. The Morgan fingerprint density at radius 2 is 1.50 bits per heavy atom. The Kier molecular flexibility index (Phi) is 7.96. The van der Waals surface area contributed by atoms with Gasteiger partial charge in [0, 0.05) is 11.8 Å². The van der Waals surface area contributed by atoms with Gasteiger partial charge in [-0.1, -0.05) is 48.0 Å².